The molecular weight excluding hydrogens is 242 g/mol. The molecule has 0 amide bonds. The highest BCUT2D eigenvalue weighted by atomic mass is 16.5. The van der Waals surface area contributed by atoms with E-state index in [4.69, 9.17) is 4.74 Å². The van der Waals surface area contributed by atoms with E-state index in [1.807, 2.05) is 24.3 Å². The average molecular weight is 254 g/mol. The lowest BCUT2D eigenvalue weighted by Gasteiger charge is -2.03. The molecule has 2 rings (SSSR count). The van der Waals surface area contributed by atoms with Crippen LogP contribution in [0.2, 0.25) is 0 Å². The maximum Gasteiger partial charge on any atom is 0.127 e. The Morgan fingerprint density at radius 1 is 1.16 bits per heavy atom. The third-order valence-corrected chi connectivity index (χ3v) is 2.59. The Morgan fingerprint density at radius 3 is 2.47 bits per heavy atom. The van der Waals surface area contributed by atoms with E-state index in [1.54, 1.807) is 25.5 Å². The number of carboxylic acids is 1. The first kappa shape index (κ1) is 12.8. The molecule has 0 radical (unpaired) electrons. The van der Waals surface area contributed by atoms with E-state index in [-0.39, 0.29) is 5.56 Å². The molecular formula is C15H12NO3-. The predicted octanol–water partition coefficient (Wildman–Crippen LogP) is 1.81. The van der Waals surface area contributed by atoms with Crippen LogP contribution < -0.4 is 9.84 Å². The summed E-state index contributed by atoms with van der Waals surface area (Å²) in [6.07, 6.45) is 1.67. The lowest BCUT2D eigenvalue weighted by molar-refractivity contribution is -0.255. The Balaban J connectivity index is 2.20. The SMILES string of the molecule is COc1ccccc1C=Nc1ccc(C(=O)[O-])cc1. The van der Waals surface area contributed by atoms with Crippen molar-refractivity contribution in [3.05, 3.63) is 59.7 Å². The van der Waals surface area contributed by atoms with Gasteiger partial charge >= 0.3 is 0 Å². The third kappa shape index (κ3) is 3.19. The van der Waals surface area contributed by atoms with Gasteiger partial charge in [0.25, 0.3) is 0 Å². The molecule has 0 aliphatic rings. The number of carbonyl (C=O) groups excluding carboxylic acids is 1. The van der Waals surface area contributed by atoms with Gasteiger partial charge in [0.2, 0.25) is 0 Å². The van der Waals surface area contributed by atoms with Crippen molar-refractivity contribution in [1.82, 2.24) is 0 Å². The zero-order chi connectivity index (χ0) is 13.7. The minimum absolute atomic E-state index is 0.135. The van der Waals surface area contributed by atoms with Gasteiger partial charge in [-0.3, -0.25) is 4.99 Å². The van der Waals surface area contributed by atoms with Gasteiger partial charge in [0.05, 0.1) is 18.8 Å². The molecule has 0 saturated heterocycles. The summed E-state index contributed by atoms with van der Waals surface area (Å²) in [4.78, 5) is 14.9. The van der Waals surface area contributed by atoms with Crippen molar-refractivity contribution in [2.75, 3.05) is 7.11 Å². The van der Waals surface area contributed by atoms with E-state index in [2.05, 4.69) is 4.99 Å². The molecule has 0 saturated carbocycles. The first-order chi connectivity index (χ1) is 9.20. The molecule has 0 heterocycles. The normalized spacial score (nSPS) is 10.6. The Labute approximate surface area is 111 Å². The summed E-state index contributed by atoms with van der Waals surface area (Å²) in [5.74, 6) is -0.460. The minimum atomic E-state index is -1.19. The number of aliphatic imine (C=N–C) groups is 1. The summed E-state index contributed by atoms with van der Waals surface area (Å²) in [7, 11) is 1.60. The molecule has 0 atom stereocenters. The van der Waals surface area contributed by atoms with Crippen LogP contribution in [0.3, 0.4) is 0 Å². The molecule has 4 heteroatoms. The molecule has 0 bridgehead atoms. The second kappa shape index (κ2) is 5.82. The maximum absolute atomic E-state index is 10.6. The number of hydrogen-bond acceptors (Lipinski definition) is 4. The summed E-state index contributed by atoms with van der Waals surface area (Å²) >= 11 is 0. The molecule has 0 N–H and O–H groups in total. The number of rotatable bonds is 4. The van der Waals surface area contributed by atoms with Crippen LogP contribution in [-0.2, 0) is 0 Å². The predicted molar refractivity (Wildman–Crippen MR) is 71.0 cm³/mol. The van der Waals surface area contributed by atoms with E-state index < -0.39 is 5.97 Å². The van der Waals surface area contributed by atoms with Crippen LogP contribution in [0.5, 0.6) is 5.75 Å². The van der Waals surface area contributed by atoms with Crippen LogP contribution in [0, 0.1) is 0 Å². The van der Waals surface area contributed by atoms with E-state index in [1.165, 1.54) is 12.1 Å². The molecule has 0 aliphatic carbocycles. The van der Waals surface area contributed by atoms with Crippen LogP contribution in [0.25, 0.3) is 0 Å². The van der Waals surface area contributed by atoms with Crippen molar-refractivity contribution in [3.63, 3.8) is 0 Å². The Hall–Kier alpha value is -2.62. The number of ether oxygens (including phenoxy) is 1. The summed E-state index contributed by atoms with van der Waals surface area (Å²) in [5.41, 5.74) is 1.65. The lowest BCUT2D eigenvalue weighted by Crippen LogP contribution is -2.21. The first-order valence-corrected chi connectivity index (χ1v) is 5.69. The van der Waals surface area contributed by atoms with Gasteiger partial charge in [-0.15, -0.1) is 0 Å². The van der Waals surface area contributed by atoms with Crippen molar-refractivity contribution in [1.29, 1.82) is 0 Å². The van der Waals surface area contributed by atoms with Gasteiger partial charge in [-0.1, -0.05) is 24.3 Å². The summed E-state index contributed by atoms with van der Waals surface area (Å²) in [6, 6.07) is 13.7. The second-order valence-electron chi connectivity index (χ2n) is 3.83. The largest absolute Gasteiger partial charge is 0.545 e. The summed E-state index contributed by atoms with van der Waals surface area (Å²) < 4.78 is 5.21. The van der Waals surface area contributed by atoms with Gasteiger partial charge in [-0.05, 0) is 29.8 Å². The van der Waals surface area contributed by atoms with Gasteiger partial charge in [0.1, 0.15) is 5.75 Å². The molecule has 19 heavy (non-hydrogen) atoms. The summed E-state index contributed by atoms with van der Waals surface area (Å²) in [5, 5.41) is 10.6. The van der Waals surface area contributed by atoms with Gasteiger partial charge in [-0.2, -0.15) is 0 Å². The van der Waals surface area contributed by atoms with E-state index in [9.17, 15) is 9.90 Å². The summed E-state index contributed by atoms with van der Waals surface area (Å²) in [6.45, 7) is 0. The Kier molecular flexibility index (Phi) is 3.93. The molecule has 0 aromatic heterocycles. The number of carboxylic acid groups (broad SMARTS) is 1. The van der Waals surface area contributed by atoms with Crippen LogP contribution in [0.4, 0.5) is 5.69 Å². The molecule has 0 aliphatic heterocycles. The monoisotopic (exact) mass is 254 g/mol. The van der Waals surface area contributed by atoms with Crippen LogP contribution in [0.15, 0.2) is 53.5 Å². The van der Waals surface area contributed by atoms with Crippen LogP contribution in [-0.4, -0.2) is 19.3 Å². The number of para-hydroxylation sites is 1. The average Bonchev–Trinajstić information content (AvgIpc) is 2.45. The molecule has 0 spiro atoms. The van der Waals surface area contributed by atoms with E-state index >= 15 is 0 Å². The number of nitrogens with zero attached hydrogens (tertiary/aromatic N) is 1. The fourth-order valence-corrected chi connectivity index (χ4v) is 1.60. The molecule has 0 fully saturated rings. The number of hydrogen-bond donors (Lipinski definition) is 0. The van der Waals surface area contributed by atoms with Gasteiger partial charge in [0.15, 0.2) is 0 Å². The quantitative estimate of drug-likeness (QED) is 0.782. The van der Waals surface area contributed by atoms with E-state index in [0.29, 0.717) is 5.69 Å². The zero-order valence-electron chi connectivity index (χ0n) is 10.4. The first-order valence-electron chi connectivity index (χ1n) is 5.69. The van der Waals surface area contributed by atoms with Crippen molar-refractivity contribution in [3.8, 4) is 5.75 Å². The number of methoxy groups -OCH3 is 1. The van der Waals surface area contributed by atoms with E-state index in [0.717, 1.165) is 11.3 Å². The minimum Gasteiger partial charge on any atom is -0.545 e. The zero-order valence-corrected chi connectivity index (χ0v) is 10.4. The highest BCUT2D eigenvalue weighted by Crippen LogP contribution is 2.17. The van der Waals surface area contributed by atoms with Gasteiger partial charge in [0, 0.05) is 11.8 Å². The maximum atomic E-state index is 10.6. The van der Waals surface area contributed by atoms with Crippen molar-refractivity contribution >= 4 is 17.9 Å². The van der Waals surface area contributed by atoms with Gasteiger partial charge in [-0.25, -0.2) is 0 Å². The Morgan fingerprint density at radius 2 is 1.84 bits per heavy atom. The Bertz CT molecular complexity index is 603. The molecule has 2 aromatic carbocycles. The molecule has 2 aromatic rings. The third-order valence-electron chi connectivity index (χ3n) is 2.59. The molecule has 96 valence electrons. The number of carbonyl (C=O) groups is 1. The smallest absolute Gasteiger partial charge is 0.127 e. The lowest BCUT2D eigenvalue weighted by atomic mass is 10.2. The fourth-order valence-electron chi connectivity index (χ4n) is 1.60. The van der Waals surface area contributed by atoms with Crippen LogP contribution >= 0.6 is 0 Å². The topological polar surface area (TPSA) is 61.7 Å². The van der Waals surface area contributed by atoms with Crippen LogP contribution in [0.1, 0.15) is 15.9 Å². The highest BCUT2D eigenvalue weighted by Gasteiger charge is 1.98. The molecule has 0 unspecified atom stereocenters. The van der Waals surface area contributed by atoms with Gasteiger partial charge < -0.3 is 14.6 Å². The van der Waals surface area contributed by atoms with Crippen molar-refractivity contribution in [2.45, 2.75) is 0 Å². The standard InChI is InChI=1S/C15H13NO3/c1-19-14-5-3-2-4-12(14)10-16-13-8-6-11(7-9-13)15(17)18/h2-10H,1H3,(H,17,18)/p-1. The fraction of sp³-hybridized carbons (Fsp3) is 0.0667. The highest BCUT2D eigenvalue weighted by molar-refractivity contribution is 5.87. The molecule has 4 nitrogen and oxygen atoms in total. The second-order valence-corrected chi connectivity index (χ2v) is 3.83. The number of benzene rings is 2. The number of aromatic carboxylic acids is 1. The van der Waals surface area contributed by atoms with Crippen molar-refractivity contribution in [2.24, 2.45) is 4.99 Å². The van der Waals surface area contributed by atoms with Crippen molar-refractivity contribution < 1.29 is 14.6 Å².